The summed E-state index contributed by atoms with van der Waals surface area (Å²) in [4.78, 5) is 38.7. The van der Waals surface area contributed by atoms with Gasteiger partial charge in [0.05, 0.1) is 112 Å². The van der Waals surface area contributed by atoms with Crippen molar-refractivity contribution in [2.75, 3.05) is 158 Å². The van der Waals surface area contributed by atoms with Gasteiger partial charge in [0.1, 0.15) is 0 Å². The molecule has 16 nitrogen and oxygen atoms in total. The Labute approximate surface area is 394 Å². The molecule has 0 unspecified atom stereocenters. The van der Waals surface area contributed by atoms with Crippen molar-refractivity contribution in [2.45, 2.75) is 130 Å². The van der Waals surface area contributed by atoms with Gasteiger partial charge in [-0.15, -0.1) is 0 Å². The summed E-state index contributed by atoms with van der Waals surface area (Å²) >= 11 is 0. The minimum absolute atomic E-state index is 0.00349. The highest BCUT2D eigenvalue weighted by molar-refractivity contribution is 5.76. The van der Waals surface area contributed by atoms with E-state index in [2.05, 4.69) is 46.8 Å². The maximum Gasteiger partial charge on any atom is 0.222 e. The lowest BCUT2D eigenvalue weighted by atomic mass is 10.1. The van der Waals surface area contributed by atoms with Crippen molar-refractivity contribution in [3.63, 3.8) is 0 Å². The first-order valence-electron chi connectivity index (χ1n) is 25.4. The van der Waals surface area contributed by atoms with Gasteiger partial charge in [0.2, 0.25) is 17.7 Å². The lowest BCUT2D eigenvalue weighted by Crippen LogP contribution is -2.43. The molecule has 16 heteroatoms. The summed E-state index contributed by atoms with van der Waals surface area (Å²) in [6.45, 7) is 18.6. The standard InChI is InChI=1S/C49H96N4O12/c1-4-7-8-9-10-11-12-13-14-15-16-17-18-19-20-21-48(55)51-24-27-53(26-23-50-47(54)6-3)28-25-52-49(56)22-30-58-32-34-60-36-38-62-40-42-64-44-46-65-45-43-63-41-39-61-37-35-59-33-31-57-29-5-2/h13-14H,4-12,15-46H2,1-3H3,(H,50,54)(H,51,55)(H,52,56)/b14-13-. The van der Waals surface area contributed by atoms with Gasteiger partial charge in [-0.25, -0.2) is 0 Å². The van der Waals surface area contributed by atoms with Crippen molar-refractivity contribution in [2.24, 2.45) is 0 Å². The second kappa shape index (κ2) is 54.4. The van der Waals surface area contributed by atoms with Crippen molar-refractivity contribution in [3.8, 4) is 0 Å². The topological polar surface area (TPSA) is 174 Å². The summed E-state index contributed by atoms with van der Waals surface area (Å²) in [5.41, 5.74) is 0. The van der Waals surface area contributed by atoms with E-state index in [1.807, 2.05) is 6.92 Å². The van der Waals surface area contributed by atoms with Gasteiger partial charge in [-0.05, 0) is 38.5 Å². The molecular weight excluding hydrogens is 837 g/mol. The minimum Gasteiger partial charge on any atom is -0.379 e. The van der Waals surface area contributed by atoms with Gasteiger partial charge in [-0.2, -0.15) is 0 Å². The molecule has 0 fully saturated rings. The largest absolute Gasteiger partial charge is 0.379 e. The molecule has 0 saturated carbocycles. The summed E-state index contributed by atoms with van der Waals surface area (Å²) in [5, 5.41) is 8.90. The van der Waals surface area contributed by atoms with Crippen LogP contribution in [0.2, 0.25) is 0 Å². The predicted octanol–water partition coefficient (Wildman–Crippen LogP) is 6.03. The van der Waals surface area contributed by atoms with Crippen LogP contribution in [0.15, 0.2) is 12.2 Å². The molecule has 0 saturated heterocycles. The fourth-order valence-corrected chi connectivity index (χ4v) is 6.22. The number of nitrogens with one attached hydrogen (secondary N) is 3. The van der Waals surface area contributed by atoms with Gasteiger partial charge >= 0.3 is 0 Å². The SMILES string of the molecule is CCCCCCCC/C=C\CCCCCCCC(=O)NCCN(CCNC(=O)CC)CCNC(=O)CCOCCOCCOCCOCCOCCOCCOCCOCCOCCC. The summed E-state index contributed by atoms with van der Waals surface area (Å²) in [6.07, 6.45) is 23.0. The molecule has 0 spiro atoms. The molecule has 0 rings (SSSR count). The Bertz CT molecular complexity index is 1050. The molecular formula is C49H96N4O12. The number of rotatable bonds is 54. The molecule has 0 aliphatic rings. The minimum atomic E-state index is -0.0891. The van der Waals surface area contributed by atoms with Gasteiger partial charge in [-0.3, -0.25) is 19.3 Å². The molecule has 0 aliphatic carbocycles. The van der Waals surface area contributed by atoms with E-state index in [0.29, 0.717) is 164 Å². The van der Waals surface area contributed by atoms with E-state index in [1.54, 1.807) is 0 Å². The van der Waals surface area contributed by atoms with E-state index in [-0.39, 0.29) is 24.1 Å². The number of carbonyl (C=O) groups is 3. The average Bonchev–Trinajstić information content (AvgIpc) is 3.30. The van der Waals surface area contributed by atoms with Crippen molar-refractivity contribution in [1.29, 1.82) is 0 Å². The van der Waals surface area contributed by atoms with Crippen molar-refractivity contribution in [3.05, 3.63) is 12.2 Å². The normalized spacial score (nSPS) is 11.6. The fourth-order valence-electron chi connectivity index (χ4n) is 6.22. The number of nitrogens with zero attached hydrogens (tertiary/aromatic N) is 1. The lowest BCUT2D eigenvalue weighted by Gasteiger charge is -2.23. The number of amides is 3. The zero-order valence-corrected chi connectivity index (χ0v) is 41.5. The van der Waals surface area contributed by atoms with Crippen LogP contribution in [0.5, 0.6) is 0 Å². The third kappa shape index (κ3) is 52.6. The van der Waals surface area contributed by atoms with Crippen LogP contribution in [-0.2, 0) is 57.0 Å². The van der Waals surface area contributed by atoms with Crippen molar-refractivity contribution < 1.29 is 57.0 Å². The summed E-state index contributed by atoms with van der Waals surface area (Å²) in [7, 11) is 0. The van der Waals surface area contributed by atoms with Crippen molar-refractivity contribution >= 4 is 17.7 Å². The Morgan fingerprint density at radius 3 is 1.06 bits per heavy atom. The van der Waals surface area contributed by atoms with Gasteiger partial charge in [0.15, 0.2) is 0 Å². The first kappa shape index (κ1) is 62.8. The average molecular weight is 933 g/mol. The van der Waals surface area contributed by atoms with E-state index in [0.717, 1.165) is 32.3 Å². The highest BCUT2D eigenvalue weighted by Crippen LogP contribution is 2.10. The van der Waals surface area contributed by atoms with Crippen LogP contribution in [-0.4, -0.2) is 181 Å². The maximum atomic E-state index is 12.5. The molecule has 0 radical (unpaired) electrons. The maximum absolute atomic E-state index is 12.5. The summed E-state index contributed by atoms with van der Waals surface area (Å²) in [5.74, 6) is -0.00932. The number of hydrogen-bond donors (Lipinski definition) is 3. The first-order valence-corrected chi connectivity index (χ1v) is 25.4. The van der Waals surface area contributed by atoms with Crippen LogP contribution in [0.4, 0.5) is 0 Å². The molecule has 0 aromatic heterocycles. The number of carbonyl (C=O) groups excluding carboxylic acids is 3. The van der Waals surface area contributed by atoms with Gasteiger partial charge < -0.3 is 58.6 Å². The van der Waals surface area contributed by atoms with Gasteiger partial charge in [-0.1, -0.05) is 84.3 Å². The highest BCUT2D eigenvalue weighted by atomic mass is 16.6. The highest BCUT2D eigenvalue weighted by Gasteiger charge is 2.09. The van der Waals surface area contributed by atoms with Crippen LogP contribution in [0.1, 0.15) is 130 Å². The molecule has 65 heavy (non-hydrogen) atoms. The Morgan fingerprint density at radius 1 is 0.354 bits per heavy atom. The van der Waals surface area contributed by atoms with Crippen LogP contribution in [0.25, 0.3) is 0 Å². The Kier molecular flexibility index (Phi) is 52.5. The second-order valence-electron chi connectivity index (χ2n) is 15.8. The molecule has 3 N–H and O–H groups in total. The monoisotopic (exact) mass is 933 g/mol. The van der Waals surface area contributed by atoms with E-state index in [4.69, 9.17) is 42.6 Å². The fraction of sp³-hybridized carbons (Fsp3) is 0.898. The van der Waals surface area contributed by atoms with Crippen LogP contribution in [0.3, 0.4) is 0 Å². The molecule has 384 valence electrons. The third-order valence-electron chi connectivity index (χ3n) is 10.0. The van der Waals surface area contributed by atoms with Gasteiger partial charge in [0.25, 0.3) is 0 Å². The molecule has 3 amide bonds. The zero-order valence-electron chi connectivity index (χ0n) is 41.5. The Hall–Kier alpha value is -2.25. The lowest BCUT2D eigenvalue weighted by molar-refractivity contribution is -0.122. The van der Waals surface area contributed by atoms with E-state index in [9.17, 15) is 14.4 Å². The van der Waals surface area contributed by atoms with E-state index in [1.165, 1.54) is 64.2 Å². The molecule has 0 heterocycles. The zero-order chi connectivity index (χ0) is 47.2. The van der Waals surface area contributed by atoms with E-state index < -0.39 is 0 Å². The Balaban J connectivity index is 3.72. The van der Waals surface area contributed by atoms with Gasteiger partial charge in [0, 0.05) is 65.1 Å². The van der Waals surface area contributed by atoms with Crippen molar-refractivity contribution in [1.82, 2.24) is 20.9 Å². The third-order valence-corrected chi connectivity index (χ3v) is 10.0. The molecule has 0 aliphatic heterocycles. The van der Waals surface area contributed by atoms with Crippen LogP contribution >= 0.6 is 0 Å². The molecule has 0 atom stereocenters. The summed E-state index contributed by atoms with van der Waals surface area (Å²) in [6, 6.07) is 0. The van der Waals surface area contributed by atoms with E-state index >= 15 is 0 Å². The number of allylic oxidation sites excluding steroid dienone is 2. The number of ether oxygens (including phenoxy) is 9. The first-order chi connectivity index (χ1) is 32.0. The quantitative estimate of drug-likeness (QED) is 0.0477. The smallest absolute Gasteiger partial charge is 0.222 e. The number of hydrogen-bond acceptors (Lipinski definition) is 13. The molecule has 0 aromatic carbocycles. The summed E-state index contributed by atoms with van der Waals surface area (Å²) < 4.78 is 49.3. The molecule has 0 bridgehead atoms. The predicted molar refractivity (Wildman–Crippen MR) is 257 cm³/mol. The molecule has 0 aromatic rings. The Morgan fingerprint density at radius 2 is 0.677 bits per heavy atom. The second-order valence-corrected chi connectivity index (χ2v) is 15.8. The van der Waals surface area contributed by atoms with Crippen LogP contribution in [0, 0.1) is 0 Å². The van der Waals surface area contributed by atoms with Crippen LogP contribution < -0.4 is 16.0 Å². The number of unbranched alkanes of at least 4 members (excludes halogenated alkanes) is 11.